The fourth-order valence-corrected chi connectivity index (χ4v) is 2.83. The Kier molecular flexibility index (Phi) is 3.71. The number of fused-ring (bicyclic) bond motifs is 3. The molecule has 114 valence electrons. The van der Waals surface area contributed by atoms with Gasteiger partial charge >= 0.3 is 12.1 Å². The highest BCUT2D eigenvalue weighted by Crippen LogP contribution is 2.44. The second-order valence-corrected chi connectivity index (χ2v) is 6.68. The molecule has 6 heteroatoms. The maximum Gasteiger partial charge on any atom is 0.408 e. The van der Waals surface area contributed by atoms with Gasteiger partial charge in [-0.3, -0.25) is 0 Å². The van der Waals surface area contributed by atoms with Crippen molar-refractivity contribution in [2.75, 3.05) is 13.7 Å². The maximum atomic E-state index is 11.9. The van der Waals surface area contributed by atoms with Crippen molar-refractivity contribution in [2.45, 2.75) is 63.2 Å². The molecule has 0 atom stereocenters. The predicted molar refractivity (Wildman–Crippen MR) is 71.3 cm³/mol. The molecule has 2 saturated heterocycles. The lowest BCUT2D eigenvalue weighted by Gasteiger charge is -2.51. The van der Waals surface area contributed by atoms with E-state index in [9.17, 15) is 9.59 Å². The van der Waals surface area contributed by atoms with Gasteiger partial charge < -0.3 is 19.5 Å². The van der Waals surface area contributed by atoms with Gasteiger partial charge in [0.25, 0.3) is 0 Å². The molecule has 3 fully saturated rings. The molecule has 0 unspecified atom stereocenters. The summed E-state index contributed by atoms with van der Waals surface area (Å²) in [7, 11) is 1.37. The molecular formula is C14H23NO5. The van der Waals surface area contributed by atoms with Crippen LogP contribution in [0.3, 0.4) is 0 Å². The number of ether oxygens (including phenoxy) is 3. The van der Waals surface area contributed by atoms with E-state index >= 15 is 0 Å². The van der Waals surface area contributed by atoms with Crippen LogP contribution < -0.4 is 5.32 Å². The lowest BCUT2D eigenvalue weighted by molar-refractivity contribution is -0.199. The van der Waals surface area contributed by atoms with E-state index in [1.165, 1.54) is 7.11 Å². The first kappa shape index (κ1) is 15.1. The number of methoxy groups -OCH3 is 1. The molecule has 0 spiro atoms. The molecular weight excluding hydrogens is 262 g/mol. The standard InChI is InChI=1S/C14H23NO5/c1-12(2,3)20-11(17)15-13-5-7-14(8-6-13,19-9-13)10(16)18-4/h5-9H2,1-4H3,(H,15,17). The summed E-state index contributed by atoms with van der Waals surface area (Å²) >= 11 is 0. The minimum atomic E-state index is -0.813. The Morgan fingerprint density at radius 1 is 1.15 bits per heavy atom. The Labute approximate surface area is 119 Å². The van der Waals surface area contributed by atoms with Crippen molar-refractivity contribution in [3.8, 4) is 0 Å². The minimum Gasteiger partial charge on any atom is -0.467 e. The van der Waals surface area contributed by atoms with Gasteiger partial charge in [-0.25, -0.2) is 9.59 Å². The number of esters is 1. The summed E-state index contributed by atoms with van der Waals surface area (Å²) in [6.45, 7) is 5.79. The second kappa shape index (κ2) is 4.91. The zero-order chi connectivity index (χ0) is 15.0. The zero-order valence-corrected chi connectivity index (χ0v) is 12.6. The molecule has 20 heavy (non-hydrogen) atoms. The van der Waals surface area contributed by atoms with Crippen molar-refractivity contribution in [1.82, 2.24) is 5.32 Å². The SMILES string of the molecule is COC(=O)C12CCC(NC(=O)OC(C)(C)C)(CC1)CO2. The summed E-state index contributed by atoms with van der Waals surface area (Å²) in [5.41, 5.74) is -1.76. The Morgan fingerprint density at radius 2 is 1.75 bits per heavy atom. The number of rotatable bonds is 2. The summed E-state index contributed by atoms with van der Waals surface area (Å²) in [5, 5.41) is 2.91. The van der Waals surface area contributed by atoms with Gasteiger partial charge in [-0.15, -0.1) is 0 Å². The molecule has 1 saturated carbocycles. The second-order valence-electron chi connectivity index (χ2n) is 6.68. The van der Waals surface area contributed by atoms with Crippen LogP contribution in [0.5, 0.6) is 0 Å². The molecule has 1 N–H and O–H groups in total. The van der Waals surface area contributed by atoms with Crippen molar-refractivity contribution < 1.29 is 23.8 Å². The summed E-state index contributed by atoms with van der Waals surface area (Å²) in [5.74, 6) is -0.317. The van der Waals surface area contributed by atoms with E-state index in [0.717, 1.165) is 0 Å². The largest absolute Gasteiger partial charge is 0.467 e. The third kappa shape index (κ3) is 2.90. The van der Waals surface area contributed by atoms with Crippen LogP contribution >= 0.6 is 0 Å². The van der Waals surface area contributed by atoms with Crippen molar-refractivity contribution in [1.29, 1.82) is 0 Å². The molecule has 1 aliphatic carbocycles. The number of alkyl carbamates (subject to hydrolysis) is 1. The highest BCUT2D eigenvalue weighted by molar-refractivity contribution is 5.80. The van der Waals surface area contributed by atoms with Crippen LogP contribution in [0.1, 0.15) is 46.5 Å². The van der Waals surface area contributed by atoms with Crippen LogP contribution in [0, 0.1) is 0 Å². The van der Waals surface area contributed by atoms with Crippen molar-refractivity contribution in [2.24, 2.45) is 0 Å². The summed E-state index contributed by atoms with van der Waals surface area (Å²) < 4.78 is 15.8. The third-order valence-electron chi connectivity index (χ3n) is 3.96. The van der Waals surface area contributed by atoms with Gasteiger partial charge in [0.1, 0.15) is 5.60 Å². The summed E-state index contributed by atoms with van der Waals surface area (Å²) in [6, 6.07) is 0. The molecule has 0 radical (unpaired) electrons. The molecule has 0 aromatic heterocycles. The van der Waals surface area contributed by atoms with Crippen molar-refractivity contribution >= 4 is 12.1 Å². The van der Waals surface area contributed by atoms with E-state index in [-0.39, 0.29) is 5.97 Å². The van der Waals surface area contributed by atoms with Crippen LogP contribution in [0.15, 0.2) is 0 Å². The summed E-state index contributed by atoms with van der Waals surface area (Å²) in [6.07, 6.45) is 2.08. The van der Waals surface area contributed by atoms with Crippen LogP contribution in [0.4, 0.5) is 4.79 Å². The molecule has 1 amide bonds. The fourth-order valence-electron chi connectivity index (χ4n) is 2.83. The van der Waals surface area contributed by atoms with Gasteiger partial charge in [-0.1, -0.05) is 0 Å². The topological polar surface area (TPSA) is 73.9 Å². The monoisotopic (exact) mass is 285 g/mol. The van der Waals surface area contributed by atoms with E-state index in [4.69, 9.17) is 14.2 Å². The van der Waals surface area contributed by atoms with E-state index in [1.807, 2.05) is 20.8 Å². The van der Waals surface area contributed by atoms with Gasteiger partial charge in [-0.05, 0) is 46.5 Å². The van der Waals surface area contributed by atoms with Crippen LogP contribution in [0.25, 0.3) is 0 Å². The van der Waals surface area contributed by atoms with E-state index in [1.54, 1.807) is 0 Å². The number of amides is 1. The fraction of sp³-hybridized carbons (Fsp3) is 0.857. The average molecular weight is 285 g/mol. The quantitative estimate of drug-likeness (QED) is 0.783. The van der Waals surface area contributed by atoms with Gasteiger partial charge in [-0.2, -0.15) is 0 Å². The van der Waals surface area contributed by atoms with Crippen LogP contribution in [-0.2, 0) is 19.0 Å². The van der Waals surface area contributed by atoms with E-state index in [2.05, 4.69) is 5.32 Å². The highest BCUT2D eigenvalue weighted by atomic mass is 16.6. The molecule has 3 rings (SSSR count). The molecule has 2 bridgehead atoms. The predicted octanol–water partition coefficient (Wildman–Crippen LogP) is 1.77. The Morgan fingerprint density at radius 3 is 2.15 bits per heavy atom. The number of carbonyl (C=O) groups is 2. The minimum absolute atomic E-state index is 0.317. The Balaban J connectivity index is 1.97. The Hall–Kier alpha value is -1.30. The van der Waals surface area contributed by atoms with E-state index < -0.39 is 22.8 Å². The summed E-state index contributed by atoms with van der Waals surface area (Å²) in [4.78, 5) is 23.7. The van der Waals surface area contributed by atoms with Gasteiger partial charge in [0.15, 0.2) is 5.60 Å². The maximum absolute atomic E-state index is 11.9. The molecule has 0 aromatic rings. The van der Waals surface area contributed by atoms with Crippen molar-refractivity contribution in [3.05, 3.63) is 0 Å². The normalized spacial score (nSPS) is 32.6. The molecule has 6 nitrogen and oxygen atoms in total. The number of nitrogens with one attached hydrogen (secondary N) is 1. The van der Waals surface area contributed by atoms with Crippen LogP contribution in [0.2, 0.25) is 0 Å². The molecule has 2 aliphatic heterocycles. The molecule has 0 aromatic carbocycles. The van der Waals surface area contributed by atoms with Gasteiger partial charge in [0.2, 0.25) is 0 Å². The van der Waals surface area contributed by atoms with E-state index in [0.29, 0.717) is 32.3 Å². The first-order chi connectivity index (χ1) is 9.20. The first-order valence-corrected chi connectivity index (χ1v) is 6.94. The lowest BCUT2D eigenvalue weighted by Crippen LogP contribution is -2.65. The highest BCUT2D eigenvalue weighted by Gasteiger charge is 2.55. The van der Waals surface area contributed by atoms with Gasteiger partial charge in [0, 0.05) is 0 Å². The van der Waals surface area contributed by atoms with Gasteiger partial charge in [0.05, 0.1) is 19.3 Å². The van der Waals surface area contributed by atoms with Crippen LogP contribution in [-0.4, -0.2) is 42.5 Å². The van der Waals surface area contributed by atoms with Crippen molar-refractivity contribution in [3.63, 3.8) is 0 Å². The zero-order valence-electron chi connectivity index (χ0n) is 12.6. The first-order valence-electron chi connectivity index (χ1n) is 6.94. The number of carbonyl (C=O) groups excluding carboxylic acids is 2. The molecule has 2 heterocycles. The Bertz CT molecular complexity index is 388. The smallest absolute Gasteiger partial charge is 0.408 e. The molecule has 3 aliphatic rings. The third-order valence-corrected chi connectivity index (χ3v) is 3.96. The number of hydrogen-bond donors (Lipinski definition) is 1. The lowest BCUT2D eigenvalue weighted by atomic mass is 9.71. The average Bonchev–Trinajstić information content (AvgIpc) is 2.37. The number of hydrogen-bond acceptors (Lipinski definition) is 5.